The first kappa shape index (κ1) is 30.9. The highest BCUT2D eigenvalue weighted by Gasteiger charge is 2.66. The van der Waals surface area contributed by atoms with E-state index < -0.39 is 20.0 Å². The van der Waals surface area contributed by atoms with E-state index in [-0.39, 0.29) is 55.2 Å². The van der Waals surface area contributed by atoms with Gasteiger partial charge in [0, 0.05) is 43.1 Å². The lowest BCUT2D eigenvalue weighted by molar-refractivity contribution is -0.150. The number of rotatable bonds is 12. The molecule has 0 saturated carbocycles. The van der Waals surface area contributed by atoms with Crippen molar-refractivity contribution in [3.8, 4) is 0 Å². The van der Waals surface area contributed by atoms with Crippen LogP contribution in [-0.2, 0) is 36.0 Å². The Kier molecular flexibility index (Phi) is 9.69. The van der Waals surface area contributed by atoms with Crippen LogP contribution in [0.2, 0.25) is 18.6 Å². The molecule has 9 nitrogen and oxygen atoms in total. The first-order chi connectivity index (χ1) is 19.5. The number of aliphatic hydroxyl groups excluding tert-OH is 1. The standard InChI is InChI=1S/C31H42N2O7Si/c1-22-29(41(3,4)38)26(20-27(35)32(18-19-34)21-23-12-6-5-7-13-23)40-31(22)24-14-8-9-15-25(24)33(30(31)37)17-11-10-16-28(36)39-2/h5-9,12-15,22,26,29,34,38H,10-11,16-21H2,1-4H3/t22-,26+,29-,31+/m0/s1. The molecule has 0 radical (unpaired) electrons. The zero-order valence-electron chi connectivity index (χ0n) is 24.4. The second-order valence-corrected chi connectivity index (χ2v) is 15.6. The van der Waals surface area contributed by atoms with Gasteiger partial charge >= 0.3 is 5.97 Å². The number of aliphatic hydroxyl groups is 1. The average Bonchev–Trinajstić information content (AvgIpc) is 3.37. The van der Waals surface area contributed by atoms with Crippen LogP contribution < -0.4 is 4.90 Å². The molecule has 41 heavy (non-hydrogen) atoms. The zero-order chi connectivity index (χ0) is 29.8. The number of unbranched alkanes of at least 4 members (excludes halogenated alkanes) is 1. The highest BCUT2D eigenvalue weighted by molar-refractivity contribution is 6.71. The fraction of sp³-hybridized carbons (Fsp3) is 0.516. The predicted molar refractivity (Wildman–Crippen MR) is 157 cm³/mol. The molecular weight excluding hydrogens is 540 g/mol. The van der Waals surface area contributed by atoms with Crippen molar-refractivity contribution in [3.63, 3.8) is 0 Å². The van der Waals surface area contributed by atoms with Gasteiger partial charge in [-0.2, -0.15) is 0 Å². The summed E-state index contributed by atoms with van der Waals surface area (Å²) in [6.07, 6.45) is 0.802. The van der Waals surface area contributed by atoms with Crippen LogP contribution in [0.1, 0.15) is 43.7 Å². The van der Waals surface area contributed by atoms with Gasteiger partial charge in [0.15, 0.2) is 13.9 Å². The number of fused-ring (bicyclic) bond motifs is 2. The van der Waals surface area contributed by atoms with Crippen molar-refractivity contribution in [3.05, 3.63) is 65.7 Å². The largest absolute Gasteiger partial charge is 0.469 e. The fourth-order valence-electron chi connectivity index (χ4n) is 6.61. The van der Waals surface area contributed by atoms with Crippen LogP contribution in [0.4, 0.5) is 5.69 Å². The van der Waals surface area contributed by atoms with E-state index >= 15 is 0 Å². The number of amides is 2. The summed E-state index contributed by atoms with van der Waals surface area (Å²) in [5, 5.41) is 9.69. The molecule has 2 aliphatic rings. The summed E-state index contributed by atoms with van der Waals surface area (Å²) in [4.78, 5) is 54.3. The summed E-state index contributed by atoms with van der Waals surface area (Å²) in [5.74, 6) is -1.05. The van der Waals surface area contributed by atoms with Crippen molar-refractivity contribution in [2.45, 2.75) is 69.5 Å². The van der Waals surface area contributed by atoms with E-state index in [0.717, 1.165) is 16.8 Å². The van der Waals surface area contributed by atoms with Gasteiger partial charge in [0.05, 0.1) is 31.9 Å². The van der Waals surface area contributed by atoms with Gasteiger partial charge in [-0.05, 0) is 37.6 Å². The molecule has 4 atom stereocenters. The van der Waals surface area contributed by atoms with Gasteiger partial charge in [0.1, 0.15) is 0 Å². The lowest BCUT2D eigenvalue weighted by atomic mass is 9.82. The molecule has 2 aromatic rings. The fourth-order valence-corrected chi connectivity index (χ4v) is 9.17. The Labute approximate surface area is 243 Å². The van der Waals surface area contributed by atoms with Crippen molar-refractivity contribution in [2.75, 3.05) is 31.7 Å². The number of carbonyl (C=O) groups is 3. The summed E-state index contributed by atoms with van der Waals surface area (Å²) < 4.78 is 11.5. The summed E-state index contributed by atoms with van der Waals surface area (Å²) in [6, 6.07) is 17.1. The molecular formula is C31H42N2O7Si. The maximum Gasteiger partial charge on any atom is 0.305 e. The molecule has 2 heterocycles. The van der Waals surface area contributed by atoms with E-state index in [1.54, 1.807) is 9.80 Å². The minimum atomic E-state index is -2.93. The molecule has 4 rings (SSSR count). The van der Waals surface area contributed by atoms with Crippen molar-refractivity contribution in [2.24, 2.45) is 5.92 Å². The molecule has 1 fully saturated rings. The van der Waals surface area contributed by atoms with Gasteiger partial charge in [0.25, 0.3) is 5.91 Å². The normalized spacial score (nSPS) is 23.6. The average molecular weight is 583 g/mol. The Morgan fingerprint density at radius 3 is 2.44 bits per heavy atom. The van der Waals surface area contributed by atoms with Gasteiger partial charge in [-0.3, -0.25) is 14.4 Å². The third-order valence-corrected chi connectivity index (χ3v) is 10.9. The molecule has 2 aromatic carbocycles. The van der Waals surface area contributed by atoms with Crippen molar-refractivity contribution >= 4 is 31.8 Å². The Morgan fingerprint density at radius 2 is 1.78 bits per heavy atom. The maximum atomic E-state index is 14.3. The number of nitrogens with zero attached hydrogens (tertiary/aromatic N) is 2. The first-order valence-corrected chi connectivity index (χ1v) is 17.4. The molecule has 2 N–H and O–H groups in total. The van der Waals surface area contributed by atoms with Gasteiger partial charge in [-0.15, -0.1) is 0 Å². The third kappa shape index (κ3) is 6.25. The predicted octanol–water partition coefficient (Wildman–Crippen LogP) is 3.59. The number of esters is 1. The monoisotopic (exact) mass is 582 g/mol. The molecule has 10 heteroatoms. The minimum absolute atomic E-state index is 0.00481. The summed E-state index contributed by atoms with van der Waals surface area (Å²) in [7, 11) is -1.57. The molecule has 1 saturated heterocycles. The minimum Gasteiger partial charge on any atom is -0.469 e. The SMILES string of the molecule is COC(=O)CCCCN1C(=O)[C@]2(O[C@H](CC(=O)N(CCO)Cc3ccccc3)[C@@H]([Si](C)(C)O)[C@@H]2C)c2ccccc21. The Hall–Kier alpha value is -3.05. The molecule has 0 aliphatic carbocycles. The van der Waals surface area contributed by atoms with Gasteiger partial charge in [-0.1, -0.05) is 55.5 Å². The maximum absolute atomic E-state index is 14.3. The molecule has 0 bridgehead atoms. The van der Waals surface area contributed by atoms with E-state index in [2.05, 4.69) is 0 Å². The second-order valence-electron chi connectivity index (χ2n) is 11.6. The molecule has 0 aromatic heterocycles. The first-order valence-electron chi connectivity index (χ1n) is 14.4. The van der Waals surface area contributed by atoms with Crippen molar-refractivity contribution < 1.29 is 33.8 Å². The van der Waals surface area contributed by atoms with Crippen LogP contribution in [-0.4, -0.2) is 73.8 Å². The van der Waals surface area contributed by atoms with Crippen LogP contribution in [0, 0.1) is 5.92 Å². The number of carbonyl (C=O) groups excluding carboxylic acids is 3. The van der Waals surface area contributed by atoms with Gasteiger partial charge in [-0.25, -0.2) is 0 Å². The van der Waals surface area contributed by atoms with Crippen molar-refractivity contribution in [1.29, 1.82) is 0 Å². The smallest absolute Gasteiger partial charge is 0.305 e. The number of hydrogen-bond acceptors (Lipinski definition) is 7. The van der Waals surface area contributed by atoms with Crippen LogP contribution >= 0.6 is 0 Å². The Bertz CT molecular complexity index is 1230. The highest BCUT2D eigenvalue weighted by atomic mass is 28.4. The number of methoxy groups -OCH3 is 1. The molecule has 2 amide bonds. The van der Waals surface area contributed by atoms with Crippen LogP contribution in [0.15, 0.2) is 54.6 Å². The number of para-hydroxylation sites is 1. The summed E-state index contributed by atoms with van der Waals surface area (Å²) in [5.41, 5.74) is 0.762. The number of hydrogen-bond donors (Lipinski definition) is 2. The molecule has 1 spiro atoms. The van der Waals surface area contributed by atoms with E-state index in [1.807, 2.05) is 74.6 Å². The zero-order valence-corrected chi connectivity index (χ0v) is 25.4. The van der Waals surface area contributed by atoms with Gasteiger partial charge < -0.3 is 29.2 Å². The topological polar surface area (TPSA) is 117 Å². The molecule has 222 valence electrons. The van der Waals surface area contributed by atoms with E-state index in [4.69, 9.17) is 9.47 Å². The quantitative estimate of drug-likeness (QED) is 0.223. The lowest BCUT2D eigenvalue weighted by Crippen LogP contribution is -2.46. The summed E-state index contributed by atoms with van der Waals surface area (Å²) in [6.45, 7) is 6.38. The summed E-state index contributed by atoms with van der Waals surface area (Å²) >= 11 is 0. The van der Waals surface area contributed by atoms with Crippen LogP contribution in [0.5, 0.6) is 0 Å². The Morgan fingerprint density at radius 1 is 1.10 bits per heavy atom. The van der Waals surface area contributed by atoms with Gasteiger partial charge in [0.2, 0.25) is 5.91 Å². The van der Waals surface area contributed by atoms with E-state index in [0.29, 0.717) is 25.9 Å². The number of ether oxygens (including phenoxy) is 2. The van der Waals surface area contributed by atoms with Crippen LogP contribution in [0.25, 0.3) is 0 Å². The third-order valence-electron chi connectivity index (χ3n) is 8.45. The number of benzene rings is 2. The van der Waals surface area contributed by atoms with E-state index in [9.17, 15) is 24.3 Å². The number of anilines is 1. The van der Waals surface area contributed by atoms with Crippen molar-refractivity contribution in [1.82, 2.24) is 4.90 Å². The molecule has 0 unspecified atom stereocenters. The van der Waals surface area contributed by atoms with Crippen LogP contribution in [0.3, 0.4) is 0 Å². The second kappa shape index (κ2) is 12.9. The van der Waals surface area contributed by atoms with E-state index in [1.165, 1.54) is 7.11 Å². The lowest BCUT2D eigenvalue weighted by Gasteiger charge is -2.32. The molecule has 2 aliphatic heterocycles. The highest BCUT2D eigenvalue weighted by Crippen LogP contribution is 2.59. The Balaban J connectivity index is 1.61.